The molecule has 1 atom stereocenters. The maximum absolute atomic E-state index is 13.0. The summed E-state index contributed by atoms with van der Waals surface area (Å²) in [5, 5.41) is 20.6. The Balaban J connectivity index is 2.70. The Labute approximate surface area is 109 Å². The molecule has 5 N–H and O–H groups in total. The number of amides is 1. The zero-order valence-corrected chi connectivity index (χ0v) is 10.3. The van der Waals surface area contributed by atoms with Gasteiger partial charge in [-0.1, -0.05) is 0 Å². The van der Waals surface area contributed by atoms with E-state index in [1.807, 2.05) is 0 Å². The van der Waals surface area contributed by atoms with Crippen LogP contribution in [0.2, 0.25) is 0 Å². The van der Waals surface area contributed by atoms with Gasteiger partial charge >= 0.3 is 5.97 Å². The van der Waals surface area contributed by atoms with E-state index in [1.54, 1.807) is 0 Å². The summed E-state index contributed by atoms with van der Waals surface area (Å²) >= 11 is 0. The number of hydrogen-bond acceptors (Lipinski definition) is 4. The molecule has 19 heavy (non-hydrogen) atoms. The third-order valence-electron chi connectivity index (χ3n) is 2.42. The molecule has 1 amide bonds. The van der Waals surface area contributed by atoms with Gasteiger partial charge in [-0.05, 0) is 25.1 Å². The van der Waals surface area contributed by atoms with E-state index in [9.17, 15) is 19.1 Å². The predicted octanol–water partition coefficient (Wildman–Crippen LogP) is 0.363. The molecule has 0 spiro atoms. The second kappa shape index (κ2) is 5.66. The molecular formula is C12H15FN2O4. The van der Waals surface area contributed by atoms with Gasteiger partial charge in [0.05, 0.1) is 17.6 Å². The van der Waals surface area contributed by atoms with Crippen LogP contribution in [0.3, 0.4) is 0 Å². The number of nitrogen functional groups attached to an aromatic ring is 1. The Morgan fingerprint density at radius 2 is 2.11 bits per heavy atom. The molecule has 1 aromatic rings. The molecule has 0 saturated carbocycles. The number of nitrogens with two attached hydrogens (primary N) is 1. The van der Waals surface area contributed by atoms with Crippen LogP contribution in [-0.4, -0.2) is 34.2 Å². The van der Waals surface area contributed by atoms with Gasteiger partial charge in [0.2, 0.25) is 0 Å². The van der Waals surface area contributed by atoms with Gasteiger partial charge in [0.25, 0.3) is 5.91 Å². The molecule has 0 bridgehead atoms. The lowest BCUT2D eigenvalue weighted by molar-refractivity contribution is -0.141. The highest BCUT2D eigenvalue weighted by molar-refractivity contribution is 5.99. The van der Waals surface area contributed by atoms with Crippen molar-refractivity contribution in [1.82, 2.24) is 5.32 Å². The molecule has 0 aliphatic heterocycles. The highest BCUT2D eigenvalue weighted by Gasteiger charge is 2.25. The molecule has 104 valence electrons. The molecule has 1 unspecified atom stereocenters. The summed E-state index contributed by atoms with van der Waals surface area (Å²) in [6, 6.07) is 3.34. The van der Waals surface area contributed by atoms with Crippen LogP contribution in [-0.2, 0) is 4.79 Å². The number of carbonyl (C=O) groups is 2. The average Bonchev–Trinajstić information content (AvgIpc) is 2.27. The number of rotatable bonds is 5. The molecule has 1 rings (SSSR count). The van der Waals surface area contributed by atoms with Crippen molar-refractivity contribution in [1.29, 1.82) is 0 Å². The van der Waals surface area contributed by atoms with Crippen molar-refractivity contribution in [2.45, 2.75) is 18.9 Å². The number of aliphatic hydroxyl groups is 1. The molecule has 0 radical (unpaired) electrons. The van der Waals surface area contributed by atoms with Gasteiger partial charge in [-0.2, -0.15) is 0 Å². The number of halogens is 1. The summed E-state index contributed by atoms with van der Waals surface area (Å²) in [6.07, 6.45) is -0.522. The van der Waals surface area contributed by atoms with Crippen molar-refractivity contribution in [2.24, 2.45) is 0 Å². The van der Waals surface area contributed by atoms with Crippen LogP contribution in [0.15, 0.2) is 18.2 Å². The van der Waals surface area contributed by atoms with Gasteiger partial charge in [0, 0.05) is 12.2 Å². The number of nitrogens with one attached hydrogen (secondary N) is 1. The zero-order valence-electron chi connectivity index (χ0n) is 10.3. The lowest BCUT2D eigenvalue weighted by Gasteiger charge is -2.21. The fourth-order valence-electron chi connectivity index (χ4n) is 1.48. The molecule has 0 fully saturated rings. The Morgan fingerprint density at radius 3 is 2.68 bits per heavy atom. The van der Waals surface area contributed by atoms with Gasteiger partial charge in [-0.15, -0.1) is 0 Å². The standard InChI is InChI=1S/C12H15FN2O4/c1-12(19,5-10(16)17)6-15-11(18)8-4-7(13)2-3-9(8)14/h2-4,19H,5-6,14H2,1H3,(H,15,18)(H,16,17). The van der Waals surface area contributed by atoms with Crippen molar-refractivity contribution in [3.8, 4) is 0 Å². The van der Waals surface area contributed by atoms with E-state index in [1.165, 1.54) is 13.0 Å². The Hall–Kier alpha value is -2.15. The zero-order chi connectivity index (χ0) is 14.6. The molecular weight excluding hydrogens is 255 g/mol. The van der Waals surface area contributed by atoms with Crippen molar-refractivity contribution in [2.75, 3.05) is 12.3 Å². The highest BCUT2D eigenvalue weighted by Crippen LogP contribution is 2.14. The SMILES string of the molecule is CC(O)(CNC(=O)c1cc(F)ccc1N)CC(=O)O. The smallest absolute Gasteiger partial charge is 0.306 e. The fourth-order valence-corrected chi connectivity index (χ4v) is 1.48. The first-order chi connectivity index (χ1) is 8.71. The van der Waals surface area contributed by atoms with Gasteiger partial charge in [0.1, 0.15) is 5.82 Å². The van der Waals surface area contributed by atoms with Gasteiger partial charge in [-0.3, -0.25) is 9.59 Å². The second-order valence-electron chi connectivity index (χ2n) is 4.48. The first-order valence-electron chi connectivity index (χ1n) is 5.49. The van der Waals surface area contributed by atoms with Crippen LogP contribution in [0.1, 0.15) is 23.7 Å². The second-order valence-corrected chi connectivity index (χ2v) is 4.48. The summed E-state index contributed by atoms with van der Waals surface area (Å²) in [5.41, 5.74) is 3.96. The molecule has 0 saturated heterocycles. The van der Waals surface area contributed by atoms with Crippen LogP contribution >= 0.6 is 0 Å². The van der Waals surface area contributed by atoms with Crippen LogP contribution < -0.4 is 11.1 Å². The number of hydrogen-bond donors (Lipinski definition) is 4. The van der Waals surface area contributed by atoms with Crippen LogP contribution in [0, 0.1) is 5.82 Å². The summed E-state index contributed by atoms with van der Waals surface area (Å²) in [5.74, 6) is -2.48. The van der Waals surface area contributed by atoms with Gasteiger partial charge < -0.3 is 21.3 Å². The number of carboxylic acids is 1. The normalized spacial score (nSPS) is 13.6. The van der Waals surface area contributed by atoms with Crippen molar-refractivity contribution < 1.29 is 24.2 Å². The minimum atomic E-state index is -1.59. The van der Waals surface area contributed by atoms with E-state index in [0.717, 1.165) is 12.1 Å². The van der Waals surface area contributed by atoms with E-state index in [4.69, 9.17) is 10.8 Å². The Bertz CT molecular complexity index is 503. The number of carbonyl (C=O) groups excluding carboxylic acids is 1. The van der Waals surface area contributed by atoms with E-state index >= 15 is 0 Å². The molecule has 0 heterocycles. The third kappa shape index (κ3) is 4.55. The van der Waals surface area contributed by atoms with E-state index in [-0.39, 0.29) is 17.8 Å². The maximum Gasteiger partial charge on any atom is 0.306 e. The summed E-state index contributed by atoms with van der Waals surface area (Å²) in [4.78, 5) is 22.2. The lowest BCUT2D eigenvalue weighted by Crippen LogP contribution is -2.42. The molecule has 6 nitrogen and oxygen atoms in total. The van der Waals surface area contributed by atoms with Crippen molar-refractivity contribution >= 4 is 17.6 Å². The number of aliphatic carboxylic acids is 1. The largest absolute Gasteiger partial charge is 0.481 e. The number of benzene rings is 1. The minimum absolute atomic E-state index is 0.0638. The monoisotopic (exact) mass is 270 g/mol. The van der Waals surface area contributed by atoms with E-state index < -0.39 is 29.7 Å². The van der Waals surface area contributed by atoms with Crippen LogP contribution in [0.25, 0.3) is 0 Å². The Kier molecular flexibility index (Phi) is 4.44. The summed E-state index contributed by atoms with van der Waals surface area (Å²) in [6.45, 7) is 0.990. The van der Waals surface area contributed by atoms with Gasteiger partial charge in [-0.25, -0.2) is 4.39 Å². The Morgan fingerprint density at radius 1 is 1.47 bits per heavy atom. The predicted molar refractivity (Wildman–Crippen MR) is 66.0 cm³/mol. The first kappa shape index (κ1) is 14.9. The molecule has 0 aliphatic carbocycles. The van der Waals surface area contributed by atoms with Crippen molar-refractivity contribution in [3.63, 3.8) is 0 Å². The number of anilines is 1. The molecule has 0 aliphatic rings. The molecule has 1 aromatic carbocycles. The number of carboxylic acid groups (broad SMARTS) is 1. The summed E-state index contributed by atoms with van der Waals surface area (Å²) in [7, 11) is 0. The third-order valence-corrected chi connectivity index (χ3v) is 2.42. The van der Waals surface area contributed by atoms with Crippen molar-refractivity contribution in [3.05, 3.63) is 29.6 Å². The summed E-state index contributed by atoms with van der Waals surface area (Å²) < 4.78 is 13.0. The molecule has 7 heteroatoms. The van der Waals surface area contributed by atoms with Crippen LogP contribution in [0.4, 0.5) is 10.1 Å². The quantitative estimate of drug-likeness (QED) is 0.577. The average molecular weight is 270 g/mol. The lowest BCUT2D eigenvalue weighted by atomic mass is 10.0. The fraction of sp³-hybridized carbons (Fsp3) is 0.333. The topological polar surface area (TPSA) is 113 Å². The highest BCUT2D eigenvalue weighted by atomic mass is 19.1. The van der Waals surface area contributed by atoms with E-state index in [2.05, 4.69) is 5.32 Å². The van der Waals surface area contributed by atoms with Crippen LogP contribution in [0.5, 0.6) is 0 Å². The van der Waals surface area contributed by atoms with Gasteiger partial charge in [0.15, 0.2) is 0 Å². The minimum Gasteiger partial charge on any atom is -0.481 e. The van der Waals surface area contributed by atoms with E-state index in [0.29, 0.717) is 0 Å². The first-order valence-corrected chi connectivity index (χ1v) is 5.49. The maximum atomic E-state index is 13.0. The molecule has 0 aromatic heterocycles.